The molecule has 7 heteroatoms. The lowest BCUT2D eigenvalue weighted by atomic mass is 10.0. The second kappa shape index (κ2) is 10.8. The molecule has 0 bridgehead atoms. The smallest absolute Gasteiger partial charge is 0.338 e. The van der Waals surface area contributed by atoms with Gasteiger partial charge in [0.1, 0.15) is 0 Å². The number of benzene rings is 2. The predicted molar refractivity (Wildman–Crippen MR) is 126 cm³/mol. The summed E-state index contributed by atoms with van der Waals surface area (Å²) in [5.41, 5.74) is 3.09. The summed E-state index contributed by atoms with van der Waals surface area (Å²) >= 11 is 0. The third-order valence-electron chi connectivity index (χ3n) is 5.71. The zero-order chi connectivity index (χ0) is 23.0. The van der Waals surface area contributed by atoms with Gasteiger partial charge in [0.2, 0.25) is 0 Å². The van der Waals surface area contributed by atoms with E-state index >= 15 is 0 Å². The fourth-order valence-corrected chi connectivity index (χ4v) is 4.03. The molecule has 7 nitrogen and oxygen atoms in total. The van der Waals surface area contributed by atoms with Gasteiger partial charge in [-0.25, -0.2) is 4.79 Å². The lowest BCUT2D eigenvalue weighted by Gasteiger charge is -2.22. The maximum Gasteiger partial charge on any atom is 0.338 e. The van der Waals surface area contributed by atoms with Crippen LogP contribution in [0.1, 0.15) is 60.3 Å². The normalized spacial score (nSPS) is 14.5. The molecule has 1 aromatic heterocycles. The number of carbonyl (C=O) groups is 1. The lowest BCUT2D eigenvalue weighted by Crippen LogP contribution is -2.16. The molecular weight excluding hydrogens is 418 g/mol. The van der Waals surface area contributed by atoms with Crippen LogP contribution < -0.4 is 14.8 Å². The van der Waals surface area contributed by atoms with Gasteiger partial charge in [0.25, 0.3) is 0 Å². The molecule has 172 valence electrons. The number of carbonyl (C=O) groups excluding carboxylic acids is 1. The number of aromatic nitrogens is 2. The number of esters is 1. The average molecular weight is 448 g/mol. The van der Waals surface area contributed by atoms with E-state index < -0.39 is 0 Å². The number of hydrogen-bond acceptors (Lipinski definition) is 7. The van der Waals surface area contributed by atoms with Gasteiger partial charge in [-0.1, -0.05) is 6.07 Å². The minimum atomic E-state index is -0.335. The Bertz CT molecular complexity index is 1050. The minimum absolute atomic E-state index is 0.215. The van der Waals surface area contributed by atoms with Gasteiger partial charge in [-0.2, -0.15) is 10.2 Å². The summed E-state index contributed by atoms with van der Waals surface area (Å²) in [6.07, 6.45) is 6.37. The molecule has 2 aromatic carbocycles. The Labute approximate surface area is 194 Å². The van der Waals surface area contributed by atoms with Crippen LogP contribution in [0.5, 0.6) is 11.5 Å². The molecule has 0 amide bonds. The number of methoxy groups -OCH3 is 1. The summed E-state index contributed by atoms with van der Waals surface area (Å²) in [7, 11) is 1.65. The van der Waals surface area contributed by atoms with E-state index in [1.807, 2.05) is 42.5 Å². The maximum absolute atomic E-state index is 12.0. The van der Waals surface area contributed by atoms with Gasteiger partial charge in [-0.05, 0) is 86.7 Å². The minimum Gasteiger partial charge on any atom is -0.493 e. The third kappa shape index (κ3) is 5.61. The highest BCUT2D eigenvalue weighted by molar-refractivity contribution is 5.89. The van der Waals surface area contributed by atoms with Gasteiger partial charge in [-0.3, -0.25) is 0 Å². The van der Waals surface area contributed by atoms with E-state index in [-0.39, 0.29) is 18.1 Å². The second-order valence-corrected chi connectivity index (χ2v) is 7.96. The van der Waals surface area contributed by atoms with Crippen LogP contribution in [0.3, 0.4) is 0 Å². The van der Waals surface area contributed by atoms with Gasteiger partial charge in [0, 0.05) is 11.9 Å². The van der Waals surface area contributed by atoms with E-state index in [1.165, 1.54) is 12.8 Å². The van der Waals surface area contributed by atoms with Crippen molar-refractivity contribution < 1.29 is 19.0 Å². The third-order valence-corrected chi connectivity index (χ3v) is 5.71. The number of rotatable bonds is 9. The Kier molecular flexibility index (Phi) is 7.40. The van der Waals surface area contributed by atoms with E-state index in [4.69, 9.17) is 14.2 Å². The van der Waals surface area contributed by atoms with Crippen molar-refractivity contribution >= 4 is 11.7 Å². The monoisotopic (exact) mass is 447 g/mol. The molecule has 3 aromatic rings. The Hall–Kier alpha value is -3.61. The Morgan fingerprint density at radius 3 is 2.55 bits per heavy atom. The van der Waals surface area contributed by atoms with Gasteiger partial charge < -0.3 is 19.5 Å². The summed E-state index contributed by atoms with van der Waals surface area (Å²) in [6.45, 7) is 2.13. The number of ether oxygens (including phenoxy) is 3. The molecule has 1 fully saturated rings. The topological polar surface area (TPSA) is 82.6 Å². The zero-order valence-corrected chi connectivity index (χ0v) is 19.0. The van der Waals surface area contributed by atoms with Gasteiger partial charge in [0.05, 0.1) is 37.1 Å². The van der Waals surface area contributed by atoms with Crippen LogP contribution in [-0.2, 0) is 4.74 Å². The van der Waals surface area contributed by atoms with Crippen molar-refractivity contribution in [3.05, 3.63) is 77.6 Å². The van der Waals surface area contributed by atoms with Crippen LogP contribution in [-0.4, -0.2) is 36.0 Å². The Balaban J connectivity index is 1.63. The first-order valence-electron chi connectivity index (χ1n) is 11.3. The average Bonchev–Trinajstić information content (AvgIpc) is 3.37. The predicted octanol–water partition coefficient (Wildman–Crippen LogP) is 5.18. The summed E-state index contributed by atoms with van der Waals surface area (Å²) in [6, 6.07) is 16.7. The standard InChI is InChI=1S/C26H29N3O4/c1-3-32-26(30)18-10-13-20(14-11-18)28-25(22-9-6-16-27-29-22)19-12-15-23(31-2)24(17-19)33-21-7-4-5-8-21/h6,9-17,21,25,28H,3-5,7-8H2,1-2H3. The largest absolute Gasteiger partial charge is 0.493 e. The maximum atomic E-state index is 12.0. The molecule has 0 spiro atoms. The van der Waals surface area contributed by atoms with Crippen molar-refractivity contribution in [1.29, 1.82) is 0 Å². The fourth-order valence-electron chi connectivity index (χ4n) is 4.03. The zero-order valence-electron chi connectivity index (χ0n) is 19.0. The molecule has 1 aliphatic rings. The van der Waals surface area contributed by atoms with E-state index in [0.29, 0.717) is 17.9 Å². The first kappa shape index (κ1) is 22.6. The summed E-state index contributed by atoms with van der Waals surface area (Å²) in [5.74, 6) is 1.11. The molecule has 0 saturated heterocycles. The van der Waals surface area contributed by atoms with Crippen molar-refractivity contribution in [1.82, 2.24) is 10.2 Å². The molecular formula is C26H29N3O4. The summed E-state index contributed by atoms with van der Waals surface area (Å²) < 4.78 is 16.9. The number of nitrogens with one attached hydrogen (secondary N) is 1. The first-order chi connectivity index (χ1) is 16.2. The van der Waals surface area contributed by atoms with Crippen LogP contribution >= 0.6 is 0 Å². The van der Waals surface area contributed by atoms with Gasteiger partial charge in [0.15, 0.2) is 11.5 Å². The van der Waals surface area contributed by atoms with Crippen molar-refractivity contribution in [2.75, 3.05) is 19.0 Å². The molecule has 33 heavy (non-hydrogen) atoms. The SMILES string of the molecule is CCOC(=O)c1ccc(NC(c2ccc(OC)c(OC3CCCC3)c2)c2cccnn2)cc1. The Morgan fingerprint density at radius 2 is 1.88 bits per heavy atom. The molecule has 0 aliphatic heterocycles. The number of hydrogen-bond donors (Lipinski definition) is 1. The molecule has 1 aliphatic carbocycles. The van der Waals surface area contributed by atoms with E-state index in [1.54, 1.807) is 32.4 Å². The summed E-state index contributed by atoms with van der Waals surface area (Å²) in [4.78, 5) is 12.0. The van der Waals surface area contributed by atoms with E-state index in [9.17, 15) is 4.79 Å². The van der Waals surface area contributed by atoms with Crippen LogP contribution in [0, 0.1) is 0 Å². The second-order valence-electron chi connectivity index (χ2n) is 7.96. The fraction of sp³-hybridized carbons (Fsp3) is 0.346. The molecule has 1 saturated carbocycles. The molecule has 1 unspecified atom stereocenters. The van der Waals surface area contributed by atoms with E-state index in [2.05, 4.69) is 15.5 Å². The summed E-state index contributed by atoms with van der Waals surface area (Å²) in [5, 5.41) is 11.9. The van der Waals surface area contributed by atoms with Gasteiger partial charge >= 0.3 is 5.97 Å². The van der Waals surface area contributed by atoms with Crippen molar-refractivity contribution in [2.24, 2.45) is 0 Å². The lowest BCUT2D eigenvalue weighted by molar-refractivity contribution is 0.0526. The van der Waals surface area contributed by atoms with Crippen molar-refractivity contribution in [2.45, 2.75) is 44.8 Å². The highest BCUT2D eigenvalue weighted by Crippen LogP contribution is 2.36. The van der Waals surface area contributed by atoms with E-state index in [0.717, 1.165) is 35.5 Å². The molecule has 1 atom stereocenters. The quantitative estimate of drug-likeness (QED) is 0.452. The Morgan fingerprint density at radius 1 is 1.09 bits per heavy atom. The van der Waals surface area contributed by atoms with Gasteiger partial charge in [-0.15, -0.1) is 0 Å². The van der Waals surface area contributed by atoms with Crippen molar-refractivity contribution in [3.8, 4) is 11.5 Å². The van der Waals surface area contributed by atoms with Crippen LogP contribution in [0.4, 0.5) is 5.69 Å². The number of anilines is 1. The molecule has 1 N–H and O–H groups in total. The molecule has 0 radical (unpaired) electrons. The molecule has 1 heterocycles. The van der Waals surface area contributed by atoms with Crippen LogP contribution in [0.2, 0.25) is 0 Å². The molecule has 4 rings (SSSR count). The highest BCUT2D eigenvalue weighted by Gasteiger charge is 2.22. The first-order valence-corrected chi connectivity index (χ1v) is 11.3. The highest BCUT2D eigenvalue weighted by atomic mass is 16.5. The van der Waals surface area contributed by atoms with Crippen LogP contribution in [0.15, 0.2) is 60.8 Å². The van der Waals surface area contributed by atoms with Crippen LogP contribution in [0.25, 0.3) is 0 Å². The number of nitrogens with zero attached hydrogens (tertiary/aromatic N) is 2. The van der Waals surface area contributed by atoms with Crippen molar-refractivity contribution in [3.63, 3.8) is 0 Å².